The standard InChI is InChI=1S/C12H21NO5/c1-3-18-12(17)7-4-8(14)10-11(16)9(15)5-13(10)6(7)2/h6-11,14-16H,3-5H2,1-2H3/t6-,7-,8+,9+,10+,11+/m0/s1. The number of aliphatic hydroxyl groups is 3. The molecule has 18 heavy (non-hydrogen) atoms. The first-order valence-corrected chi connectivity index (χ1v) is 6.44. The largest absolute Gasteiger partial charge is 0.466 e. The number of hydrogen-bond acceptors (Lipinski definition) is 6. The van der Waals surface area contributed by atoms with E-state index in [1.54, 1.807) is 6.92 Å². The Morgan fingerprint density at radius 1 is 1.33 bits per heavy atom. The zero-order valence-corrected chi connectivity index (χ0v) is 10.7. The quantitative estimate of drug-likeness (QED) is 0.535. The molecule has 0 bridgehead atoms. The Balaban J connectivity index is 2.14. The summed E-state index contributed by atoms with van der Waals surface area (Å²) in [4.78, 5) is 13.6. The summed E-state index contributed by atoms with van der Waals surface area (Å²) < 4.78 is 5.00. The molecular weight excluding hydrogens is 238 g/mol. The Labute approximate surface area is 106 Å². The van der Waals surface area contributed by atoms with E-state index in [0.717, 1.165) is 0 Å². The summed E-state index contributed by atoms with van der Waals surface area (Å²) in [5, 5.41) is 29.6. The van der Waals surface area contributed by atoms with Crippen molar-refractivity contribution in [3.8, 4) is 0 Å². The number of rotatable bonds is 2. The van der Waals surface area contributed by atoms with Crippen molar-refractivity contribution < 1.29 is 24.9 Å². The Bertz CT molecular complexity index is 324. The Kier molecular flexibility index (Phi) is 3.91. The minimum atomic E-state index is -0.953. The topological polar surface area (TPSA) is 90.2 Å². The fourth-order valence-electron chi connectivity index (χ4n) is 3.13. The van der Waals surface area contributed by atoms with Crippen molar-refractivity contribution in [2.24, 2.45) is 5.92 Å². The van der Waals surface area contributed by atoms with E-state index in [2.05, 4.69) is 0 Å². The molecule has 2 rings (SSSR count). The number of carbonyl (C=O) groups is 1. The van der Waals surface area contributed by atoms with E-state index in [1.165, 1.54) is 0 Å². The van der Waals surface area contributed by atoms with Crippen molar-refractivity contribution in [1.82, 2.24) is 4.90 Å². The molecule has 0 radical (unpaired) electrons. The smallest absolute Gasteiger partial charge is 0.310 e. The maximum atomic E-state index is 11.8. The summed E-state index contributed by atoms with van der Waals surface area (Å²) >= 11 is 0. The number of esters is 1. The highest BCUT2D eigenvalue weighted by atomic mass is 16.5. The molecule has 0 saturated carbocycles. The summed E-state index contributed by atoms with van der Waals surface area (Å²) in [5.74, 6) is -0.730. The zero-order valence-electron chi connectivity index (χ0n) is 10.7. The van der Waals surface area contributed by atoms with Crippen LogP contribution in [0.2, 0.25) is 0 Å². The third-order valence-corrected chi connectivity index (χ3v) is 4.11. The van der Waals surface area contributed by atoms with Gasteiger partial charge in [0.25, 0.3) is 0 Å². The fraction of sp³-hybridized carbons (Fsp3) is 0.917. The molecule has 0 aromatic rings. The van der Waals surface area contributed by atoms with Gasteiger partial charge in [-0.3, -0.25) is 9.69 Å². The molecule has 0 aliphatic carbocycles. The maximum absolute atomic E-state index is 11.8. The van der Waals surface area contributed by atoms with Gasteiger partial charge in [0.15, 0.2) is 0 Å². The molecule has 104 valence electrons. The van der Waals surface area contributed by atoms with Crippen LogP contribution < -0.4 is 0 Å². The monoisotopic (exact) mass is 259 g/mol. The molecule has 2 saturated heterocycles. The van der Waals surface area contributed by atoms with E-state index < -0.39 is 30.3 Å². The van der Waals surface area contributed by atoms with Gasteiger partial charge in [-0.15, -0.1) is 0 Å². The fourth-order valence-corrected chi connectivity index (χ4v) is 3.13. The number of ether oxygens (including phenoxy) is 1. The minimum Gasteiger partial charge on any atom is -0.466 e. The van der Waals surface area contributed by atoms with Crippen molar-refractivity contribution in [3.05, 3.63) is 0 Å². The highest BCUT2D eigenvalue weighted by Gasteiger charge is 2.52. The molecule has 3 N–H and O–H groups in total. The Morgan fingerprint density at radius 3 is 2.61 bits per heavy atom. The lowest BCUT2D eigenvalue weighted by Crippen LogP contribution is -2.57. The lowest BCUT2D eigenvalue weighted by atomic mass is 9.84. The second kappa shape index (κ2) is 5.13. The molecule has 6 nitrogen and oxygen atoms in total. The predicted octanol–water partition coefficient (Wildman–Crippen LogP) is -1.28. The van der Waals surface area contributed by atoms with Crippen LogP contribution in [-0.4, -0.2) is 69.7 Å². The lowest BCUT2D eigenvalue weighted by molar-refractivity contribution is -0.157. The molecule has 2 fully saturated rings. The molecule has 2 aliphatic heterocycles. The summed E-state index contributed by atoms with van der Waals surface area (Å²) in [6.45, 7) is 4.20. The Morgan fingerprint density at radius 2 is 2.00 bits per heavy atom. The van der Waals surface area contributed by atoms with E-state index in [-0.39, 0.29) is 25.0 Å². The van der Waals surface area contributed by atoms with Crippen LogP contribution in [0.25, 0.3) is 0 Å². The lowest BCUT2D eigenvalue weighted by Gasteiger charge is -2.43. The van der Waals surface area contributed by atoms with Gasteiger partial charge >= 0.3 is 5.97 Å². The molecule has 0 unspecified atom stereocenters. The van der Waals surface area contributed by atoms with Crippen LogP contribution in [0.4, 0.5) is 0 Å². The van der Waals surface area contributed by atoms with Gasteiger partial charge in [-0.1, -0.05) is 0 Å². The zero-order chi connectivity index (χ0) is 13.4. The summed E-state index contributed by atoms with van der Waals surface area (Å²) in [5.41, 5.74) is 0. The van der Waals surface area contributed by atoms with E-state index >= 15 is 0 Å². The number of fused-ring (bicyclic) bond motifs is 1. The van der Waals surface area contributed by atoms with Crippen LogP contribution in [0.5, 0.6) is 0 Å². The third-order valence-electron chi connectivity index (χ3n) is 4.11. The Hall–Kier alpha value is -0.690. The van der Waals surface area contributed by atoms with Gasteiger partial charge in [0, 0.05) is 12.6 Å². The second-order valence-corrected chi connectivity index (χ2v) is 5.15. The van der Waals surface area contributed by atoms with Crippen LogP contribution in [0, 0.1) is 5.92 Å². The molecule has 0 amide bonds. The van der Waals surface area contributed by atoms with Gasteiger partial charge in [0.1, 0.15) is 0 Å². The summed E-state index contributed by atoms with van der Waals surface area (Å²) in [6.07, 6.45) is -2.37. The second-order valence-electron chi connectivity index (χ2n) is 5.15. The van der Waals surface area contributed by atoms with Crippen LogP contribution in [-0.2, 0) is 9.53 Å². The van der Waals surface area contributed by atoms with Gasteiger partial charge in [-0.05, 0) is 20.3 Å². The average molecular weight is 259 g/mol. The molecule has 0 aromatic heterocycles. The molecule has 6 atom stereocenters. The van der Waals surface area contributed by atoms with Crippen molar-refractivity contribution in [3.63, 3.8) is 0 Å². The SMILES string of the molecule is CCOC(=O)[C@H]1C[C@@H](O)[C@@H]2[C@H](O)[C@H](O)CN2[C@H]1C. The van der Waals surface area contributed by atoms with Crippen LogP contribution in [0.3, 0.4) is 0 Å². The number of hydrogen-bond donors (Lipinski definition) is 3. The number of carbonyl (C=O) groups excluding carboxylic acids is 1. The van der Waals surface area contributed by atoms with Gasteiger partial charge in [-0.2, -0.15) is 0 Å². The summed E-state index contributed by atoms with van der Waals surface area (Å²) in [6, 6.07) is -0.634. The predicted molar refractivity (Wildman–Crippen MR) is 62.7 cm³/mol. The summed E-state index contributed by atoms with van der Waals surface area (Å²) in [7, 11) is 0. The minimum absolute atomic E-state index is 0.149. The first kappa shape index (κ1) is 13.7. The highest BCUT2D eigenvalue weighted by molar-refractivity contribution is 5.73. The first-order chi connectivity index (χ1) is 8.47. The van der Waals surface area contributed by atoms with E-state index in [9.17, 15) is 20.1 Å². The normalized spacial score (nSPS) is 44.7. The van der Waals surface area contributed by atoms with Gasteiger partial charge in [0.2, 0.25) is 0 Å². The number of aliphatic hydroxyl groups excluding tert-OH is 3. The van der Waals surface area contributed by atoms with Crippen molar-refractivity contribution in [2.45, 2.75) is 50.7 Å². The molecule has 2 heterocycles. The van der Waals surface area contributed by atoms with E-state index in [4.69, 9.17) is 4.74 Å². The van der Waals surface area contributed by atoms with Gasteiger partial charge in [0.05, 0.1) is 36.9 Å². The van der Waals surface area contributed by atoms with Crippen molar-refractivity contribution in [2.75, 3.05) is 13.2 Å². The third kappa shape index (κ3) is 2.14. The van der Waals surface area contributed by atoms with Crippen molar-refractivity contribution >= 4 is 5.97 Å². The van der Waals surface area contributed by atoms with Gasteiger partial charge in [-0.25, -0.2) is 0 Å². The van der Waals surface area contributed by atoms with Gasteiger partial charge < -0.3 is 20.1 Å². The van der Waals surface area contributed by atoms with E-state index in [1.807, 2.05) is 11.8 Å². The van der Waals surface area contributed by atoms with Crippen molar-refractivity contribution in [1.29, 1.82) is 0 Å². The first-order valence-electron chi connectivity index (χ1n) is 6.44. The van der Waals surface area contributed by atoms with Crippen LogP contribution in [0.1, 0.15) is 20.3 Å². The van der Waals surface area contributed by atoms with Crippen LogP contribution in [0.15, 0.2) is 0 Å². The number of piperidine rings is 1. The van der Waals surface area contributed by atoms with E-state index in [0.29, 0.717) is 6.61 Å². The molecular formula is C12H21NO5. The molecule has 6 heteroatoms. The molecule has 2 aliphatic rings. The highest BCUT2D eigenvalue weighted by Crippen LogP contribution is 2.35. The molecule has 0 aromatic carbocycles. The number of nitrogens with zero attached hydrogens (tertiary/aromatic N) is 1. The van der Waals surface area contributed by atoms with Crippen LogP contribution >= 0.6 is 0 Å². The average Bonchev–Trinajstić information content (AvgIpc) is 2.62. The molecule has 0 spiro atoms. The maximum Gasteiger partial charge on any atom is 0.310 e.